The zero-order valence-electron chi connectivity index (χ0n) is 37.0. The predicted octanol–water partition coefficient (Wildman–Crippen LogP) is 16.1. The first-order valence-electron chi connectivity index (χ1n) is 24.6. The molecule has 0 heterocycles. The molecule has 0 bridgehead atoms. The van der Waals surface area contributed by atoms with E-state index in [1.165, 1.54) is 212 Å². The van der Waals surface area contributed by atoms with Crippen LogP contribution in [0, 0.1) is 0 Å². The monoisotopic (exact) mass is 765 g/mol. The van der Waals surface area contributed by atoms with Gasteiger partial charge in [-0.1, -0.05) is 245 Å². The van der Waals surface area contributed by atoms with Crippen LogP contribution in [-0.4, -0.2) is 37.9 Å². The van der Waals surface area contributed by atoms with Gasteiger partial charge in [-0.05, 0) is 19.3 Å². The fourth-order valence-electron chi connectivity index (χ4n) is 7.45. The van der Waals surface area contributed by atoms with Crippen molar-refractivity contribution in [2.24, 2.45) is 0 Å². The Morgan fingerprint density at radius 2 is 0.611 bits per heavy atom. The molecule has 5 nitrogen and oxygen atoms in total. The molecule has 0 aromatic heterocycles. The van der Waals surface area contributed by atoms with Crippen molar-refractivity contribution in [1.29, 1.82) is 0 Å². The van der Waals surface area contributed by atoms with Crippen LogP contribution in [0.15, 0.2) is 0 Å². The van der Waals surface area contributed by atoms with Gasteiger partial charge < -0.3 is 14.2 Å². The van der Waals surface area contributed by atoms with Gasteiger partial charge in [0, 0.05) is 19.4 Å². The minimum absolute atomic E-state index is 0.0970. The van der Waals surface area contributed by atoms with Crippen molar-refractivity contribution >= 4 is 11.9 Å². The Kier molecular flexibility index (Phi) is 45.3. The highest BCUT2D eigenvalue weighted by Crippen LogP contribution is 2.16. The molecular weight excluding hydrogens is 669 g/mol. The van der Waals surface area contributed by atoms with Gasteiger partial charge in [0.2, 0.25) is 0 Å². The average Bonchev–Trinajstić information content (AvgIpc) is 3.17. The Morgan fingerprint density at radius 3 is 0.944 bits per heavy atom. The SMILES string of the molecule is CCCCCCCCCCCCCCCCCCCC(=O)OCC(COCCCCCCCCCCCCCC)OC(=O)CCCCCCCCCCC. The lowest BCUT2D eigenvalue weighted by molar-refractivity contribution is -0.163. The van der Waals surface area contributed by atoms with Crippen molar-refractivity contribution in [2.75, 3.05) is 19.8 Å². The summed E-state index contributed by atoms with van der Waals surface area (Å²) < 4.78 is 17.3. The summed E-state index contributed by atoms with van der Waals surface area (Å²) in [7, 11) is 0. The average molecular weight is 765 g/mol. The van der Waals surface area contributed by atoms with Crippen LogP contribution in [0.2, 0.25) is 0 Å². The molecule has 0 aliphatic rings. The fraction of sp³-hybridized carbons (Fsp3) is 0.959. The molecule has 54 heavy (non-hydrogen) atoms. The first-order valence-corrected chi connectivity index (χ1v) is 24.6. The number of carbonyl (C=O) groups excluding carboxylic acids is 2. The van der Waals surface area contributed by atoms with Crippen molar-refractivity contribution in [2.45, 2.75) is 284 Å². The van der Waals surface area contributed by atoms with Crippen LogP contribution in [0.3, 0.4) is 0 Å². The molecule has 0 amide bonds. The maximum atomic E-state index is 12.7. The standard InChI is InChI=1S/C49H96O5/c1-4-7-10-13-16-19-21-23-24-25-26-27-28-31-33-36-39-42-48(50)53-46-47(54-49(51)43-40-37-34-30-18-15-12-9-6-3)45-52-44-41-38-35-32-29-22-20-17-14-11-8-5-2/h47H,4-46H2,1-3H3. The van der Waals surface area contributed by atoms with E-state index >= 15 is 0 Å². The molecule has 5 heteroatoms. The van der Waals surface area contributed by atoms with Crippen LogP contribution in [0.1, 0.15) is 278 Å². The molecule has 0 radical (unpaired) electrons. The number of ether oxygens (including phenoxy) is 3. The molecule has 0 aromatic rings. The number of hydrogen-bond acceptors (Lipinski definition) is 5. The third kappa shape index (κ3) is 43.6. The van der Waals surface area contributed by atoms with Gasteiger partial charge in [-0.15, -0.1) is 0 Å². The largest absolute Gasteiger partial charge is 0.462 e. The van der Waals surface area contributed by atoms with E-state index in [2.05, 4.69) is 20.8 Å². The van der Waals surface area contributed by atoms with Crippen molar-refractivity contribution in [1.82, 2.24) is 0 Å². The highest BCUT2D eigenvalue weighted by Gasteiger charge is 2.17. The summed E-state index contributed by atoms with van der Waals surface area (Å²) in [4.78, 5) is 25.2. The number of esters is 2. The minimum atomic E-state index is -0.520. The van der Waals surface area contributed by atoms with Crippen LogP contribution < -0.4 is 0 Å². The second kappa shape index (κ2) is 46.3. The summed E-state index contributed by atoms with van der Waals surface area (Å²) in [5.41, 5.74) is 0. The number of rotatable bonds is 46. The Labute approximate surface area is 338 Å². The quantitative estimate of drug-likeness (QED) is 0.0456. The lowest BCUT2D eigenvalue weighted by Crippen LogP contribution is -2.30. The first-order chi connectivity index (χ1) is 26.6. The zero-order chi connectivity index (χ0) is 39.3. The molecule has 0 fully saturated rings. The van der Waals surface area contributed by atoms with Gasteiger partial charge in [0.25, 0.3) is 0 Å². The maximum Gasteiger partial charge on any atom is 0.306 e. The van der Waals surface area contributed by atoms with Crippen LogP contribution >= 0.6 is 0 Å². The number of carbonyl (C=O) groups is 2. The van der Waals surface area contributed by atoms with Crippen LogP contribution in [-0.2, 0) is 23.8 Å². The minimum Gasteiger partial charge on any atom is -0.462 e. The smallest absolute Gasteiger partial charge is 0.306 e. The fourth-order valence-corrected chi connectivity index (χ4v) is 7.45. The molecule has 0 aromatic carbocycles. The molecule has 0 saturated heterocycles. The van der Waals surface area contributed by atoms with E-state index in [1.807, 2.05) is 0 Å². The van der Waals surface area contributed by atoms with Gasteiger partial charge in [0.15, 0.2) is 6.10 Å². The zero-order valence-corrected chi connectivity index (χ0v) is 37.0. The van der Waals surface area contributed by atoms with E-state index in [-0.39, 0.29) is 18.5 Å². The van der Waals surface area contributed by atoms with E-state index in [1.54, 1.807) is 0 Å². The van der Waals surface area contributed by atoms with Gasteiger partial charge in [-0.2, -0.15) is 0 Å². The van der Waals surface area contributed by atoms with E-state index in [0.29, 0.717) is 26.1 Å². The lowest BCUT2D eigenvalue weighted by atomic mass is 10.0. The topological polar surface area (TPSA) is 61.8 Å². The van der Waals surface area contributed by atoms with Crippen LogP contribution in [0.5, 0.6) is 0 Å². The second-order valence-corrected chi connectivity index (χ2v) is 16.7. The Balaban J connectivity index is 4.10. The van der Waals surface area contributed by atoms with Crippen LogP contribution in [0.25, 0.3) is 0 Å². The Morgan fingerprint density at radius 1 is 0.333 bits per heavy atom. The van der Waals surface area contributed by atoms with Gasteiger partial charge in [-0.25, -0.2) is 0 Å². The molecule has 0 aliphatic carbocycles. The summed E-state index contributed by atoms with van der Waals surface area (Å²) in [6.07, 6.45) is 49.6. The highest BCUT2D eigenvalue weighted by molar-refractivity contribution is 5.70. The molecule has 0 aliphatic heterocycles. The van der Waals surface area contributed by atoms with Crippen molar-refractivity contribution in [3.05, 3.63) is 0 Å². The van der Waals surface area contributed by atoms with Gasteiger partial charge in [0.1, 0.15) is 6.61 Å². The molecule has 0 spiro atoms. The van der Waals surface area contributed by atoms with Gasteiger partial charge in [-0.3, -0.25) is 9.59 Å². The van der Waals surface area contributed by atoms with Crippen LogP contribution in [0.4, 0.5) is 0 Å². The summed E-state index contributed by atoms with van der Waals surface area (Å²) in [6, 6.07) is 0. The lowest BCUT2D eigenvalue weighted by Gasteiger charge is -2.18. The van der Waals surface area contributed by atoms with E-state index in [0.717, 1.165) is 32.1 Å². The van der Waals surface area contributed by atoms with Gasteiger partial charge >= 0.3 is 11.9 Å². The summed E-state index contributed by atoms with van der Waals surface area (Å²) >= 11 is 0. The molecule has 322 valence electrons. The molecule has 1 atom stereocenters. The van der Waals surface area contributed by atoms with E-state index in [4.69, 9.17) is 14.2 Å². The van der Waals surface area contributed by atoms with E-state index in [9.17, 15) is 9.59 Å². The third-order valence-corrected chi connectivity index (χ3v) is 11.1. The Bertz CT molecular complexity index is 740. The molecule has 1 unspecified atom stereocenters. The van der Waals surface area contributed by atoms with E-state index < -0.39 is 6.10 Å². The molecule has 0 N–H and O–H groups in total. The molecule has 0 saturated carbocycles. The summed E-state index contributed by atoms with van der Waals surface area (Å²) in [5, 5.41) is 0. The normalized spacial score (nSPS) is 12.0. The number of hydrogen-bond donors (Lipinski definition) is 0. The predicted molar refractivity (Wildman–Crippen MR) is 233 cm³/mol. The molecule has 0 rings (SSSR count). The molecular formula is C49H96O5. The van der Waals surface area contributed by atoms with Gasteiger partial charge in [0.05, 0.1) is 6.61 Å². The third-order valence-electron chi connectivity index (χ3n) is 11.1. The van der Waals surface area contributed by atoms with Crippen molar-refractivity contribution in [3.63, 3.8) is 0 Å². The van der Waals surface area contributed by atoms with Crippen molar-refractivity contribution < 1.29 is 23.8 Å². The highest BCUT2D eigenvalue weighted by atomic mass is 16.6. The van der Waals surface area contributed by atoms with Crippen molar-refractivity contribution in [3.8, 4) is 0 Å². The maximum absolute atomic E-state index is 12.7. The summed E-state index contributed by atoms with van der Waals surface area (Å²) in [6.45, 7) is 7.88. The second-order valence-electron chi connectivity index (χ2n) is 16.7. The first kappa shape index (κ1) is 52.9. The number of unbranched alkanes of at least 4 members (excludes halogenated alkanes) is 35. The Hall–Kier alpha value is -1.10. The summed E-state index contributed by atoms with van der Waals surface area (Å²) in [5.74, 6) is -0.377.